The van der Waals surface area contributed by atoms with Gasteiger partial charge < -0.3 is 10.6 Å². The lowest BCUT2D eigenvalue weighted by Gasteiger charge is -2.23. The number of hydrogen-bond acceptors (Lipinski definition) is 4. The van der Waals surface area contributed by atoms with Gasteiger partial charge in [0.05, 0.1) is 18.0 Å². The normalized spacial score (nSPS) is 12.3. The molecule has 32 heavy (non-hydrogen) atoms. The van der Waals surface area contributed by atoms with Gasteiger partial charge in [0.2, 0.25) is 15.9 Å². The van der Waals surface area contributed by atoms with Crippen LogP contribution < -0.4 is 14.9 Å². The number of rotatable bonds is 10. The van der Waals surface area contributed by atoms with E-state index in [4.69, 9.17) is 0 Å². The van der Waals surface area contributed by atoms with Crippen LogP contribution in [0.25, 0.3) is 0 Å². The second-order valence-corrected chi connectivity index (χ2v) is 10.3. The van der Waals surface area contributed by atoms with E-state index in [0.717, 1.165) is 22.5 Å². The van der Waals surface area contributed by atoms with Gasteiger partial charge in [-0.15, -0.1) is 0 Å². The van der Waals surface area contributed by atoms with Crippen molar-refractivity contribution < 1.29 is 18.0 Å². The summed E-state index contributed by atoms with van der Waals surface area (Å²) in [6, 6.07) is 14.5. The van der Waals surface area contributed by atoms with E-state index in [9.17, 15) is 18.0 Å². The van der Waals surface area contributed by atoms with Crippen molar-refractivity contribution in [1.29, 1.82) is 0 Å². The Balaban J connectivity index is 2.42. The summed E-state index contributed by atoms with van der Waals surface area (Å²) in [7, 11) is -0.473. The zero-order valence-electron chi connectivity index (χ0n) is 19.4. The number of carbonyl (C=O) groups is 2. The van der Waals surface area contributed by atoms with Gasteiger partial charge in [-0.1, -0.05) is 50.2 Å². The monoisotopic (exact) mass is 459 g/mol. The Hall–Kier alpha value is -2.87. The van der Waals surface area contributed by atoms with E-state index >= 15 is 0 Å². The minimum absolute atomic E-state index is 0.129. The molecular weight excluding hydrogens is 426 g/mol. The summed E-state index contributed by atoms with van der Waals surface area (Å²) < 4.78 is 25.2. The van der Waals surface area contributed by atoms with Gasteiger partial charge in [0, 0.05) is 26.1 Å². The Morgan fingerprint density at radius 2 is 1.72 bits per heavy atom. The molecule has 0 saturated carbocycles. The van der Waals surface area contributed by atoms with Crippen LogP contribution in [0, 0.1) is 5.92 Å². The highest BCUT2D eigenvalue weighted by Crippen LogP contribution is 2.25. The first-order chi connectivity index (χ1) is 15.0. The van der Waals surface area contributed by atoms with E-state index in [1.807, 2.05) is 30.3 Å². The van der Waals surface area contributed by atoms with E-state index in [-0.39, 0.29) is 24.3 Å². The summed E-state index contributed by atoms with van der Waals surface area (Å²) >= 11 is 0. The number of hydrogen-bond donors (Lipinski definition) is 2. The maximum atomic E-state index is 13.4. The van der Waals surface area contributed by atoms with Gasteiger partial charge in [0.25, 0.3) is 5.91 Å². The van der Waals surface area contributed by atoms with E-state index in [2.05, 4.69) is 24.5 Å². The van der Waals surface area contributed by atoms with Crippen molar-refractivity contribution >= 4 is 27.5 Å². The Bertz CT molecular complexity index is 1040. The molecule has 2 amide bonds. The molecule has 0 fully saturated rings. The molecule has 8 heteroatoms. The van der Waals surface area contributed by atoms with Crippen LogP contribution in [0.15, 0.2) is 48.5 Å². The fourth-order valence-corrected chi connectivity index (χ4v) is 3.92. The first kappa shape index (κ1) is 25.4. The first-order valence-electron chi connectivity index (χ1n) is 10.7. The van der Waals surface area contributed by atoms with Crippen LogP contribution in [-0.4, -0.2) is 40.6 Å². The lowest BCUT2D eigenvalue weighted by atomic mass is 9.95. The third-order valence-corrected chi connectivity index (χ3v) is 6.52. The average Bonchev–Trinajstić information content (AvgIpc) is 2.75. The summed E-state index contributed by atoms with van der Waals surface area (Å²) in [5.74, 6) is -0.0678. The van der Waals surface area contributed by atoms with Gasteiger partial charge >= 0.3 is 0 Å². The van der Waals surface area contributed by atoms with Crippen molar-refractivity contribution in [2.45, 2.75) is 39.2 Å². The van der Waals surface area contributed by atoms with Crippen LogP contribution in [0.2, 0.25) is 0 Å². The van der Waals surface area contributed by atoms with Gasteiger partial charge in [-0.2, -0.15) is 0 Å². The highest BCUT2D eigenvalue weighted by molar-refractivity contribution is 7.92. The van der Waals surface area contributed by atoms with Crippen LogP contribution in [0.4, 0.5) is 5.69 Å². The van der Waals surface area contributed by atoms with Gasteiger partial charge in [-0.25, -0.2) is 8.42 Å². The molecule has 0 aliphatic carbocycles. The lowest BCUT2D eigenvalue weighted by molar-refractivity contribution is -0.120. The maximum Gasteiger partial charge on any atom is 0.252 e. The number of nitrogens with one attached hydrogen (secondary N) is 2. The molecule has 7 nitrogen and oxygen atoms in total. The van der Waals surface area contributed by atoms with E-state index in [1.54, 1.807) is 25.2 Å². The highest BCUT2D eigenvalue weighted by Gasteiger charge is 2.21. The standard InChI is InChI=1S/C24H33N3O4S/c1-17(2)15-22(19-9-7-6-8-10-19)26-24(29)21-16-20(27(4)32(5,30)31)13-11-18(21)12-14-23(28)25-3/h6-11,13,16-17,22H,12,14-15H2,1-5H3,(H,25,28)(H,26,29). The third-order valence-electron chi connectivity index (χ3n) is 5.31. The summed E-state index contributed by atoms with van der Waals surface area (Å²) in [5, 5.41) is 5.70. The molecular formula is C24H33N3O4S. The van der Waals surface area contributed by atoms with Crippen molar-refractivity contribution in [3.8, 4) is 0 Å². The molecule has 2 aromatic rings. The molecule has 1 unspecified atom stereocenters. The number of sulfonamides is 1. The van der Waals surface area contributed by atoms with Gasteiger partial charge in [-0.05, 0) is 42.0 Å². The van der Waals surface area contributed by atoms with Crippen molar-refractivity contribution in [3.05, 3.63) is 65.2 Å². The number of aryl methyl sites for hydroxylation is 1. The zero-order chi connectivity index (χ0) is 23.9. The molecule has 0 aromatic heterocycles. The number of amides is 2. The summed E-state index contributed by atoms with van der Waals surface area (Å²) in [6.07, 6.45) is 2.46. The van der Waals surface area contributed by atoms with E-state index in [1.165, 1.54) is 7.05 Å². The van der Waals surface area contributed by atoms with E-state index < -0.39 is 10.0 Å². The Morgan fingerprint density at radius 3 is 2.28 bits per heavy atom. The molecule has 0 aliphatic rings. The number of anilines is 1. The minimum Gasteiger partial charge on any atom is -0.359 e. The molecule has 2 aromatic carbocycles. The van der Waals surface area contributed by atoms with Crippen molar-refractivity contribution in [1.82, 2.24) is 10.6 Å². The fraction of sp³-hybridized carbons (Fsp3) is 0.417. The van der Waals surface area contributed by atoms with Crippen molar-refractivity contribution in [3.63, 3.8) is 0 Å². The summed E-state index contributed by atoms with van der Waals surface area (Å²) in [4.78, 5) is 25.1. The summed E-state index contributed by atoms with van der Waals surface area (Å²) in [6.45, 7) is 4.19. The van der Waals surface area contributed by atoms with Crippen LogP contribution in [-0.2, 0) is 21.2 Å². The molecule has 2 rings (SSSR count). The molecule has 0 radical (unpaired) electrons. The zero-order valence-corrected chi connectivity index (χ0v) is 20.2. The molecule has 0 heterocycles. The predicted molar refractivity (Wildman–Crippen MR) is 128 cm³/mol. The average molecular weight is 460 g/mol. The molecule has 0 aliphatic heterocycles. The molecule has 0 bridgehead atoms. The SMILES string of the molecule is CNC(=O)CCc1ccc(N(C)S(C)(=O)=O)cc1C(=O)NC(CC(C)C)c1ccccc1. The predicted octanol–water partition coefficient (Wildman–Crippen LogP) is 3.28. The molecule has 0 spiro atoms. The highest BCUT2D eigenvalue weighted by atomic mass is 32.2. The number of nitrogens with zero attached hydrogens (tertiary/aromatic N) is 1. The Labute approximate surface area is 191 Å². The molecule has 0 saturated heterocycles. The Morgan fingerprint density at radius 1 is 1.06 bits per heavy atom. The second-order valence-electron chi connectivity index (χ2n) is 8.31. The van der Waals surface area contributed by atoms with Crippen LogP contribution >= 0.6 is 0 Å². The van der Waals surface area contributed by atoms with Crippen LogP contribution in [0.5, 0.6) is 0 Å². The van der Waals surface area contributed by atoms with Crippen molar-refractivity contribution in [2.75, 3.05) is 24.7 Å². The number of carbonyl (C=O) groups excluding carboxylic acids is 2. The quantitative estimate of drug-likeness (QED) is 0.570. The van der Waals surface area contributed by atoms with Crippen LogP contribution in [0.3, 0.4) is 0 Å². The van der Waals surface area contributed by atoms with Crippen LogP contribution in [0.1, 0.15) is 54.2 Å². The largest absolute Gasteiger partial charge is 0.359 e. The molecule has 2 N–H and O–H groups in total. The molecule has 174 valence electrons. The second kappa shape index (κ2) is 11.1. The fourth-order valence-electron chi connectivity index (χ4n) is 3.43. The van der Waals surface area contributed by atoms with E-state index in [0.29, 0.717) is 29.2 Å². The third kappa shape index (κ3) is 7.09. The van der Waals surface area contributed by atoms with Crippen molar-refractivity contribution in [2.24, 2.45) is 5.92 Å². The smallest absolute Gasteiger partial charge is 0.252 e. The lowest BCUT2D eigenvalue weighted by Crippen LogP contribution is -2.31. The van der Waals surface area contributed by atoms with Gasteiger partial charge in [-0.3, -0.25) is 13.9 Å². The number of benzene rings is 2. The topological polar surface area (TPSA) is 95.6 Å². The summed E-state index contributed by atoms with van der Waals surface area (Å²) in [5.41, 5.74) is 2.45. The Kier molecular flexibility index (Phi) is 8.83. The maximum absolute atomic E-state index is 13.4. The van der Waals surface area contributed by atoms with Gasteiger partial charge in [0.15, 0.2) is 0 Å². The first-order valence-corrected chi connectivity index (χ1v) is 12.5. The molecule has 1 atom stereocenters. The minimum atomic E-state index is -3.49. The van der Waals surface area contributed by atoms with Gasteiger partial charge in [0.1, 0.15) is 0 Å².